The van der Waals surface area contributed by atoms with Gasteiger partial charge in [0.1, 0.15) is 5.75 Å². The largest absolute Gasteiger partial charge is 0.540 e. The lowest BCUT2D eigenvalue weighted by molar-refractivity contribution is 0.603. The van der Waals surface area contributed by atoms with Crippen LogP contribution in [0.15, 0.2) is 12.6 Å². The molecule has 1 rings (SSSR count). The van der Waals surface area contributed by atoms with Crippen LogP contribution < -0.4 is 4.43 Å². The average molecular weight is 189 g/mol. The topological polar surface area (TPSA) is 9.23 Å². The van der Waals surface area contributed by atoms with E-state index < -0.39 is 0 Å². The molecular formula is C11H13OSi. The van der Waals surface area contributed by atoms with Gasteiger partial charge >= 0.3 is 10.5 Å². The minimum atomic E-state index is 0.895. The molecule has 0 heterocycles. The summed E-state index contributed by atoms with van der Waals surface area (Å²) in [4.78, 5) is 0. The highest BCUT2D eigenvalue weighted by Crippen LogP contribution is 2.29. The zero-order valence-electron chi connectivity index (χ0n) is 8.27. The predicted molar refractivity (Wildman–Crippen MR) is 57.1 cm³/mol. The number of aryl methyl sites for hydroxylation is 1. The SMILES string of the molecule is C=Cc1cc(C)c(C)c(O[Si])c1C. The first-order valence-corrected chi connectivity index (χ1v) is 4.59. The van der Waals surface area contributed by atoms with Crippen molar-refractivity contribution >= 4 is 16.6 Å². The molecule has 0 bridgehead atoms. The first-order chi connectivity index (χ1) is 6.11. The Hall–Kier alpha value is -1.02. The molecule has 1 aromatic carbocycles. The van der Waals surface area contributed by atoms with Crippen molar-refractivity contribution in [2.45, 2.75) is 20.8 Å². The molecule has 0 N–H and O–H groups in total. The van der Waals surface area contributed by atoms with E-state index >= 15 is 0 Å². The zero-order valence-corrected chi connectivity index (χ0v) is 9.27. The molecular weight excluding hydrogens is 176 g/mol. The first-order valence-electron chi connectivity index (χ1n) is 4.18. The molecule has 0 atom stereocenters. The third-order valence-corrected chi connectivity index (χ3v) is 2.60. The fraction of sp³-hybridized carbons (Fsp3) is 0.273. The second-order valence-electron chi connectivity index (χ2n) is 3.17. The van der Waals surface area contributed by atoms with E-state index in [9.17, 15) is 0 Å². The molecule has 1 nitrogen and oxygen atoms in total. The smallest absolute Gasteiger partial charge is 0.341 e. The van der Waals surface area contributed by atoms with Crippen molar-refractivity contribution in [1.29, 1.82) is 0 Å². The normalized spacial score (nSPS) is 9.85. The Balaban J connectivity index is 3.47. The molecule has 3 radical (unpaired) electrons. The maximum Gasteiger partial charge on any atom is 0.341 e. The second kappa shape index (κ2) is 3.79. The minimum absolute atomic E-state index is 0.895. The highest BCUT2D eigenvalue weighted by atomic mass is 28.2. The Labute approximate surface area is 83.0 Å². The van der Waals surface area contributed by atoms with Crippen LogP contribution in [-0.4, -0.2) is 10.5 Å². The molecule has 0 aromatic heterocycles. The van der Waals surface area contributed by atoms with Crippen LogP contribution in [0.5, 0.6) is 5.75 Å². The van der Waals surface area contributed by atoms with Crippen molar-refractivity contribution in [3.63, 3.8) is 0 Å². The Bertz CT molecular complexity index is 342. The molecule has 0 unspecified atom stereocenters. The summed E-state index contributed by atoms with van der Waals surface area (Å²) in [5, 5.41) is 0. The highest BCUT2D eigenvalue weighted by Gasteiger charge is 2.08. The van der Waals surface area contributed by atoms with Gasteiger partial charge in [0.25, 0.3) is 0 Å². The van der Waals surface area contributed by atoms with Gasteiger partial charge in [-0.2, -0.15) is 0 Å². The van der Waals surface area contributed by atoms with Crippen LogP contribution in [-0.2, 0) is 0 Å². The van der Waals surface area contributed by atoms with Crippen LogP contribution in [0, 0.1) is 20.8 Å². The minimum Gasteiger partial charge on any atom is -0.540 e. The first kappa shape index (κ1) is 10.1. The molecule has 0 spiro atoms. The lowest BCUT2D eigenvalue weighted by Gasteiger charge is -2.13. The van der Waals surface area contributed by atoms with Gasteiger partial charge in [-0.05, 0) is 43.0 Å². The maximum absolute atomic E-state index is 5.16. The molecule has 13 heavy (non-hydrogen) atoms. The van der Waals surface area contributed by atoms with Crippen LogP contribution in [0.1, 0.15) is 22.3 Å². The summed E-state index contributed by atoms with van der Waals surface area (Å²) in [5.74, 6) is 0.895. The zero-order chi connectivity index (χ0) is 10.0. The summed E-state index contributed by atoms with van der Waals surface area (Å²) < 4.78 is 5.16. The van der Waals surface area contributed by atoms with Gasteiger partial charge in [0.2, 0.25) is 0 Å². The molecule has 0 saturated carbocycles. The van der Waals surface area contributed by atoms with Gasteiger partial charge in [0, 0.05) is 0 Å². The summed E-state index contributed by atoms with van der Waals surface area (Å²) >= 11 is 0. The fourth-order valence-corrected chi connectivity index (χ4v) is 1.71. The van der Waals surface area contributed by atoms with Gasteiger partial charge in [0.05, 0.1) is 0 Å². The van der Waals surface area contributed by atoms with Crippen LogP contribution >= 0.6 is 0 Å². The van der Waals surface area contributed by atoms with E-state index in [0.29, 0.717) is 0 Å². The van der Waals surface area contributed by atoms with E-state index in [1.165, 1.54) is 5.56 Å². The molecule has 0 saturated heterocycles. The molecule has 1 aromatic rings. The molecule has 0 fully saturated rings. The van der Waals surface area contributed by atoms with Gasteiger partial charge in [-0.15, -0.1) is 0 Å². The monoisotopic (exact) mass is 189 g/mol. The predicted octanol–water partition coefficient (Wildman–Crippen LogP) is 2.72. The van der Waals surface area contributed by atoms with E-state index in [2.05, 4.69) is 30.1 Å². The molecule has 0 aliphatic rings. The molecule has 0 aliphatic heterocycles. The van der Waals surface area contributed by atoms with Gasteiger partial charge < -0.3 is 4.43 Å². The number of hydrogen-bond acceptors (Lipinski definition) is 1. The molecule has 0 aliphatic carbocycles. The Morgan fingerprint density at radius 2 is 1.92 bits per heavy atom. The lowest BCUT2D eigenvalue weighted by atomic mass is 9.99. The van der Waals surface area contributed by atoms with Gasteiger partial charge in [-0.3, -0.25) is 0 Å². The van der Waals surface area contributed by atoms with Gasteiger partial charge in [0.15, 0.2) is 0 Å². The summed E-state index contributed by atoms with van der Waals surface area (Å²) in [5.41, 5.74) is 4.62. The lowest BCUT2D eigenvalue weighted by Crippen LogP contribution is -1.97. The average Bonchev–Trinajstić information content (AvgIpc) is 2.12. The molecule has 0 amide bonds. The van der Waals surface area contributed by atoms with Crippen molar-refractivity contribution in [3.05, 3.63) is 34.9 Å². The van der Waals surface area contributed by atoms with Gasteiger partial charge in [-0.25, -0.2) is 0 Å². The quantitative estimate of drug-likeness (QED) is 0.650. The third kappa shape index (κ3) is 1.68. The third-order valence-electron chi connectivity index (χ3n) is 2.40. The van der Waals surface area contributed by atoms with Crippen LogP contribution in [0.25, 0.3) is 6.08 Å². The van der Waals surface area contributed by atoms with E-state index in [0.717, 1.165) is 22.4 Å². The standard InChI is InChI=1S/C11H13OSi/c1-5-10-6-7(2)8(3)11(12-13)9(10)4/h5-6H,1H2,2-4H3. The van der Waals surface area contributed by atoms with Crippen molar-refractivity contribution in [3.8, 4) is 5.75 Å². The van der Waals surface area contributed by atoms with E-state index in [4.69, 9.17) is 4.43 Å². The Kier molecular flexibility index (Phi) is 2.93. The van der Waals surface area contributed by atoms with Gasteiger partial charge in [-0.1, -0.05) is 18.7 Å². The van der Waals surface area contributed by atoms with E-state index in [1.54, 1.807) is 0 Å². The van der Waals surface area contributed by atoms with Crippen LogP contribution in [0.4, 0.5) is 0 Å². The summed E-state index contributed by atoms with van der Waals surface area (Å²) in [6.07, 6.45) is 1.84. The van der Waals surface area contributed by atoms with Crippen molar-refractivity contribution < 1.29 is 4.43 Å². The van der Waals surface area contributed by atoms with Crippen molar-refractivity contribution in [1.82, 2.24) is 0 Å². The van der Waals surface area contributed by atoms with E-state index in [-0.39, 0.29) is 0 Å². The summed E-state index contributed by atoms with van der Waals surface area (Å²) in [7, 11) is 3.07. The fourth-order valence-electron chi connectivity index (χ4n) is 1.41. The van der Waals surface area contributed by atoms with Crippen LogP contribution in [0.3, 0.4) is 0 Å². The van der Waals surface area contributed by atoms with Crippen molar-refractivity contribution in [2.75, 3.05) is 0 Å². The number of rotatable bonds is 2. The molecule has 2 heteroatoms. The summed E-state index contributed by atoms with van der Waals surface area (Å²) in [6, 6.07) is 2.12. The highest BCUT2D eigenvalue weighted by molar-refractivity contribution is 6.00. The second-order valence-corrected chi connectivity index (χ2v) is 3.37. The number of hydrogen-bond donors (Lipinski definition) is 0. The Morgan fingerprint density at radius 1 is 1.31 bits per heavy atom. The van der Waals surface area contributed by atoms with Crippen molar-refractivity contribution in [2.24, 2.45) is 0 Å². The van der Waals surface area contributed by atoms with E-state index in [1.807, 2.05) is 19.9 Å². The summed E-state index contributed by atoms with van der Waals surface area (Å²) in [6.45, 7) is 9.91. The number of benzene rings is 1. The maximum atomic E-state index is 5.16. The Morgan fingerprint density at radius 3 is 2.38 bits per heavy atom. The molecule has 67 valence electrons. The van der Waals surface area contributed by atoms with Crippen LogP contribution in [0.2, 0.25) is 0 Å².